The van der Waals surface area contributed by atoms with Crippen LogP contribution in [0.15, 0.2) is 0 Å². The van der Waals surface area contributed by atoms with Gasteiger partial charge in [-0.1, -0.05) is 32.6 Å². The van der Waals surface area contributed by atoms with E-state index in [0.29, 0.717) is 6.10 Å². The van der Waals surface area contributed by atoms with Gasteiger partial charge in [0.15, 0.2) is 0 Å². The molecule has 0 radical (unpaired) electrons. The van der Waals surface area contributed by atoms with Gasteiger partial charge in [0.05, 0.1) is 6.10 Å². The van der Waals surface area contributed by atoms with Crippen molar-refractivity contribution in [2.75, 3.05) is 6.61 Å². The summed E-state index contributed by atoms with van der Waals surface area (Å²) in [5.41, 5.74) is 6.22. The summed E-state index contributed by atoms with van der Waals surface area (Å²) in [5, 5.41) is 0. The molecule has 0 heterocycles. The molecule has 1 saturated carbocycles. The normalized spacial score (nSPS) is 22.6. The van der Waals surface area contributed by atoms with Gasteiger partial charge in [0, 0.05) is 12.6 Å². The van der Waals surface area contributed by atoms with Gasteiger partial charge in [0.25, 0.3) is 0 Å². The molecular formula is C13H27NO. The highest BCUT2D eigenvalue weighted by molar-refractivity contribution is 4.82. The minimum absolute atomic E-state index is 0.248. The highest BCUT2D eigenvalue weighted by atomic mass is 16.5. The Morgan fingerprint density at radius 1 is 1.20 bits per heavy atom. The lowest BCUT2D eigenvalue weighted by Gasteiger charge is -2.33. The van der Waals surface area contributed by atoms with E-state index < -0.39 is 0 Å². The number of nitrogens with two attached hydrogens (primary N) is 1. The number of ether oxygens (including phenoxy) is 1. The van der Waals surface area contributed by atoms with Crippen LogP contribution in [0, 0.1) is 5.92 Å². The molecule has 1 aliphatic rings. The minimum Gasteiger partial charge on any atom is -0.377 e. The van der Waals surface area contributed by atoms with E-state index in [2.05, 4.69) is 13.8 Å². The van der Waals surface area contributed by atoms with Gasteiger partial charge >= 0.3 is 0 Å². The van der Waals surface area contributed by atoms with Gasteiger partial charge in [0.2, 0.25) is 0 Å². The van der Waals surface area contributed by atoms with E-state index in [9.17, 15) is 0 Å². The van der Waals surface area contributed by atoms with Crippen molar-refractivity contribution in [2.24, 2.45) is 11.7 Å². The molecule has 2 nitrogen and oxygen atoms in total. The zero-order valence-corrected chi connectivity index (χ0v) is 10.4. The first-order chi connectivity index (χ1) is 7.29. The van der Waals surface area contributed by atoms with Crippen molar-refractivity contribution in [3.8, 4) is 0 Å². The average Bonchev–Trinajstić information content (AvgIpc) is 2.27. The van der Waals surface area contributed by atoms with Crippen LogP contribution >= 0.6 is 0 Å². The molecule has 2 atom stereocenters. The lowest BCUT2D eigenvalue weighted by atomic mass is 9.82. The minimum atomic E-state index is 0.248. The van der Waals surface area contributed by atoms with E-state index in [1.54, 1.807) is 0 Å². The lowest BCUT2D eigenvalue weighted by molar-refractivity contribution is -0.0109. The molecule has 0 aromatic heterocycles. The molecule has 2 unspecified atom stereocenters. The molecule has 2 N–H and O–H groups in total. The van der Waals surface area contributed by atoms with E-state index in [1.807, 2.05) is 0 Å². The maximum absolute atomic E-state index is 6.22. The van der Waals surface area contributed by atoms with Gasteiger partial charge < -0.3 is 10.5 Å². The third-order valence-electron chi connectivity index (χ3n) is 3.52. The number of hydrogen-bond donors (Lipinski definition) is 1. The van der Waals surface area contributed by atoms with Gasteiger partial charge in [0.1, 0.15) is 0 Å². The Morgan fingerprint density at radius 3 is 2.40 bits per heavy atom. The quantitative estimate of drug-likeness (QED) is 0.736. The fraction of sp³-hybridized carbons (Fsp3) is 1.00. The molecule has 0 amide bonds. The molecule has 2 heteroatoms. The van der Waals surface area contributed by atoms with Crippen LogP contribution in [0.3, 0.4) is 0 Å². The molecule has 0 bridgehead atoms. The summed E-state index contributed by atoms with van der Waals surface area (Å²) in [6.45, 7) is 5.08. The Kier molecular flexibility index (Phi) is 6.26. The Labute approximate surface area is 94.6 Å². The van der Waals surface area contributed by atoms with Crippen LogP contribution in [0.5, 0.6) is 0 Å². The summed E-state index contributed by atoms with van der Waals surface area (Å²) in [7, 11) is 0. The summed E-state index contributed by atoms with van der Waals surface area (Å²) in [4.78, 5) is 0. The molecule has 0 saturated heterocycles. The molecule has 90 valence electrons. The van der Waals surface area contributed by atoms with E-state index in [0.717, 1.165) is 25.4 Å². The summed E-state index contributed by atoms with van der Waals surface area (Å²) < 4.78 is 5.87. The van der Waals surface area contributed by atoms with Crippen molar-refractivity contribution >= 4 is 0 Å². The standard InChI is InChI=1S/C13H27NO/c1-3-8-12(14)13(15-4-2)11-9-6-5-7-10-11/h11-13H,3-10,14H2,1-2H3. The average molecular weight is 213 g/mol. The predicted octanol–water partition coefficient (Wildman–Crippen LogP) is 3.10. The molecule has 0 spiro atoms. The first-order valence-corrected chi connectivity index (χ1v) is 6.66. The molecule has 1 rings (SSSR count). The van der Waals surface area contributed by atoms with Crippen LogP contribution in [-0.4, -0.2) is 18.8 Å². The van der Waals surface area contributed by atoms with Crippen LogP contribution in [0.25, 0.3) is 0 Å². The van der Waals surface area contributed by atoms with E-state index in [-0.39, 0.29) is 6.04 Å². The Morgan fingerprint density at radius 2 is 1.87 bits per heavy atom. The Balaban J connectivity index is 2.46. The molecule has 1 aliphatic carbocycles. The molecular weight excluding hydrogens is 186 g/mol. The van der Waals surface area contributed by atoms with E-state index >= 15 is 0 Å². The summed E-state index contributed by atoms with van der Waals surface area (Å²) >= 11 is 0. The fourth-order valence-corrected chi connectivity index (χ4v) is 2.76. The highest BCUT2D eigenvalue weighted by Gasteiger charge is 2.28. The van der Waals surface area contributed by atoms with Crippen molar-refractivity contribution in [1.29, 1.82) is 0 Å². The first kappa shape index (κ1) is 13.0. The second-order valence-corrected chi connectivity index (χ2v) is 4.77. The van der Waals surface area contributed by atoms with Crippen LogP contribution in [0.1, 0.15) is 58.8 Å². The van der Waals surface area contributed by atoms with E-state index in [1.165, 1.54) is 32.1 Å². The van der Waals surface area contributed by atoms with Gasteiger partial charge in [-0.2, -0.15) is 0 Å². The Bertz CT molecular complexity index is 155. The lowest BCUT2D eigenvalue weighted by Crippen LogP contribution is -2.42. The predicted molar refractivity (Wildman–Crippen MR) is 64.9 cm³/mol. The van der Waals surface area contributed by atoms with Crippen molar-refractivity contribution in [3.05, 3.63) is 0 Å². The molecule has 1 fully saturated rings. The van der Waals surface area contributed by atoms with Crippen LogP contribution in [0.2, 0.25) is 0 Å². The number of hydrogen-bond acceptors (Lipinski definition) is 2. The second-order valence-electron chi connectivity index (χ2n) is 4.77. The summed E-state index contributed by atoms with van der Waals surface area (Å²) in [6, 6.07) is 0.248. The Hall–Kier alpha value is -0.0800. The third kappa shape index (κ3) is 4.12. The van der Waals surface area contributed by atoms with Gasteiger partial charge in [-0.25, -0.2) is 0 Å². The highest BCUT2D eigenvalue weighted by Crippen LogP contribution is 2.29. The van der Waals surface area contributed by atoms with Gasteiger partial charge in [-0.3, -0.25) is 0 Å². The second kappa shape index (κ2) is 7.24. The summed E-state index contributed by atoms with van der Waals surface area (Å²) in [6.07, 6.45) is 9.36. The largest absolute Gasteiger partial charge is 0.377 e. The van der Waals surface area contributed by atoms with Crippen LogP contribution in [-0.2, 0) is 4.74 Å². The monoisotopic (exact) mass is 213 g/mol. The van der Waals surface area contributed by atoms with Crippen molar-refractivity contribution in [1.82, 2.24) is 0 Å². The van der Waals surface area contributed by atoms with Crippen molar-refractivity contribution < 1.29 is 4.74 Å². The third-order valence-corrected chi connectivity index (χ3v) is 3.52. The SMILES string of the molecule is CCCC(N)C(OCC)C1CCCCC1. The van der Waals surface area contributed by atoms with Crippen LogP contribution < -0.4 is 5.73 Å². The van der Waals surface area contributed by atoms with Crippen molar-refractivity contribution in [3.63, 3.8) is 0 Å². The number of rotatable bonds is 6. The van der Waals surface area contributed by atoms with Gasteiger partial charge in [-0.15, -0.1) is 0 Å². The molecule has 15 heavy (non-hydrogen) atoms. The van der Waals surface area contributed by atoms with E-state index in [4.69, 9.17) is 10.5 Å². The maximum Gasteiger partial charge on any atom is 0.0753 e. The molecule has 0 aromatic carbocycles. The topological polar surface area (TPSA) is 35.2 Å². The van der Waals surface area contributed by atoms with Gasteiger partial charge in [-0.05, 0) is 32.1 Å². The smallest absolute Gasteiger partial charge is 0.0753 e. The molecule has 0 aliphatic heterocycles. The zero-order chi connectivity index (χ0) is 11.1. The van der Waals surface area contributed by atoms with Crippen molar-refractivity contribution in [2.45, 2.75) is 70.9 Å². The zero-order valence-electron chi connectivity index (χ0n) is 10.4. The van der Waals surface area contributed by atoms with Crippen LogP contribution in [0.4, 0.5) is 0 Å². The maximum atomic E-state index is 6.22. The summed E-state index contributed by atoms with van der Waals surface area (Å²) in [5.74, 6) is 0.722. The fourth-order valence-electron chi connectivity index (χ4n) is 2.76. The molecule has 0 aromatic rings. The first-order valence-electron chi connectivity index (χ1n) is 6.66.